The number of aromatic amines is 1. The Labute approximate surface area is 124 Å². The fourth-order valence-electron chi connectivity index (χ4n) is 2.17. The van der Waals surface area contributed by atoms with Crippen LogP contribution in [0.1, 0.15) is 12.6 Å². The number of nitrogens with one attached hydrogen (secondary N) is 1. The van der Waals surface area contributed by atoms with E-state index in [0.29, 0.717) is 0 Å². The van der Waals surface area contributed by atoms with E-state index in [2.05, 4.69) is 21.6 Å². The lowest BCUT2D eigenvalue weighted by Gasteiger charge is -2.15. The molecular formula is C12H15N5O5. The predicted octanol–water partition coefficient (Wildman–Crippen LogP) is 0.0601. The van der Waals surface area contributed by atoms with E-state index in [9.17, 15) is 14.7 Å². The first-order chi connectivity index (χ1) is 10.6. The number of azide groups is 1. The van der Waals surface area contributed by atoms with E-state index in [-0.39, 0.29) is 25.4 Å². The minimum Gasteiger partial charge on any atom is -0.483 e. The van der Waals surface area contributed by atoms with E-state index in [1.165, 1.54) is 12.3 Å². The van der Waals surface area contributed by atoms with Crippen LogP contribution in [0, 0.1) is 0 Å². The van der Waals surface area contributed by atoms with Crippen molar-refractivity contribution in [2.24, 2.45) is 5.11 Å². The molecule has 0 unspecified atom stereocenters. The Balaban J connectivity index is 2.32. The summed E-state index contributed by atoms with van der Waals surface area (Å²) in [6.45, 7) is 3.23. The van der Waals surface area contributed by atoms with E-state index < -0.39 is 29.6 Å². The Hall–Kier alpha value is -2.55. The van der Waals surface area contributed by atoms with Crippen LogP contribution in [0.4, 0.5) is 0 Å². The Bertz CT molecular complexity index is 705. The largest absolute Gasteiger partial charge is 0.483 e. The highest BCUT2D eigenvalue weighted by Gasteiger charge is 2.35. The molecule has 1 aliphatic rings. The van der Waals surface area contributed by atoms with Gasteiger partial charge in [0.15, 0.2) is 0 Å². The maximum Gasteiger partial charge on any atom is 0.330 e. The minimum atomic E-state index is -0.775. The minimum absolute atomic E-state index is 0.0594. The number of hydrogen-bond acceptors (Lipinski definition) is 6. The SMILES string of the molecule is C=CCOc1cn([C@H]2C[C@H](N=[N+]=[N-])[C@@H](CO)O2)c(=O)[nH]c1=O. The third-order valence-corrected chi connectivity index (χ3v) is 3.19. The lowest BCUT2D eigenvalue weighted by molar-refractivity contribution is -0.0273. The number of ether oxygens (including phenoxy) is 2. The molecule has 0 aromatic carbocycles. The molecule has 22 heavy (non-hydrogen) atoms. The van der Waals surface area contributed by atoms with Gasteiger partial charge in [-0.25, -0.2) is 4.79 Å². The van der Waals surface area contributed by atoms with Gasteiger partial charge in [-0.1, -0.05) is 17.8 Å². The van der Waals surface area contributed by atoms with Crippen LogP contribution in [0.15, 0.2) is 33.6 Å². The first kappa shape index (κ1) is 15.8. The number of rotatable bonds is 6. The molecule has 0 radical (unpaired) electrons. The van der Waals surface area contributed by atoms with Crippen LogP contribution in [-0.4, -0.2) is 40.0 Å². The maximum absolute atomic E-state index is 11.9. The van der Waals surface area contributed by atoms with Crippen LogP contribution in [-0.2, 0) is 4.74 Å². The molecule has 3 atom stereocenters. The van der Waals surface area contributed by atoms with Crippen molar-refractivity contribution < 1.29 is 14.6 Å². The number of H-pyrrole nitrogens is 1. The van der Waals surface area contributed by atoms with Crippen LogP contribution in [0.2, 0.25) is 0 Å². The summed E-state index contributed by atoms with van der Waals surface area (Å²) in [6.07, 6.45) is 1.39. The molecule has 118 valence electrons. The summed E-state index contributed by atoms with van der Waals surface area (Å²) < 4.78 is 11.8. The van der Waals surface area contributed by atoms with Crippen LogP contribution in [0.5, 0.6) is 5.75 Å². The third kappa shape index (κ3) is 3.19. The number of aliphatic hydroxyl groups is 1. The molecule has 1 saturated heterocycles. The van der Waals surface area contributed by atoms with Crippen LogP contribution in [0.3, 0.4) is 0 Å². The van der Waals surface area contributed by atoms with Crippen LogP contribution in [0.25, 0.3) is 10.4 Å². The molecule has 2 rings (SSSR count). The Morgan fingerprint density at radius 3 is 3.09 bits per heavy atom. The van der Waals surface area contributed by atoms with Crippen molar-refractivity contribution in [2.75, 3.05) is 13.2 Å². The van der Waals surface area contributed by atoms with E-state index in [1.807, 2.05) is 0 Å². The molecule has 0 spiro atoms. The Morgan fingerprint density at radius 1 is 1.68 bits per heavy atom. The molecule has 1 aromatic heterocycles. The molecule has 0 saturated carbocycles. The lowest BCUT2D eigenvalue weighted by atomic mass is 10.1. The van der Waals surface area contributed by atoms with Crippen LogP contribution >= 0.6 is 0 Å². The average molecular weight is 309 g/mol. The summed E-state index contributed by atoms with van der Waals surface area (Å²) in [4.78, 5) is 28.3. The van der Waals surface area contributed by atoms with Gasteiger partial charge in [0, 0.05) is 11.3 Å². The van der Waals surface area contributed by atoms with E-state index in [1.54, 1.807) is 0 Å². The van der Waals surface area contributed by atoms with Crippen molar-refractivity contribution in [1.29, 1.82) is 0 Å². The molecule has 0 bridgehead atoms. The highest BCUT2D eigenvalue weighted by Crippen LogP contribution is 2.30. The molecule has 2 N–H and O–H groups in total. The second kappa shape index (κ2) is 6.94. The van der Waals surface area contributed by atoms with Crippen molar-refractivity contribution in [3.05, 3.63) is 50.1 Å². The first-order valence-electron chi connectivity index (χ1n) is 6.50. The number of aromatic nitrogens is 2. The van der Waals surface area contributed by atoms with Gasteiger partial charge in [0.2, 0.25) is 5.75 Å². The zero-order valence-electron chi connectivity index (χ0n) is 11.6. The second-order valence-corrected chi connectivity index (χ2v) is 4.58. The van der Waals surface area contributed by atoms with E-state index >= 15 is 0 Å². The molecule has 10 heteroatoms. The number of nitrogens with zero attached hydrogens (tertiary/aromatic N) is 4. The van der Waals surface area contributed by atoms with E-state index in [0.717, 1.165) is 4.57 Å². The monoisotopic (exact) mass is 309 g/mol. The third-order valence-electron chi connectivity index (χ3n) is 3.19. The zero-order chi connectivity index (χ0) is 16.1. The van der Waals surface area contributed by atoms with Gasteiger partial charge in [-0.15, -0.1) is 0 Å². The van der Waals surface area contributed by atoms with Crippen molar-refractivity contribution in [3.63, 3.8) is 0 Å². The summed E-state index contributed by atoms with van der Waals surface area (Å²) in [6, 6.07) is -0.601. The Morgan fingerprint density at radius 2 is 2.45 bits per heavy atom. The summed E-state index contributed by atoms with van der Waals surface area (Å²) in [7, 11) is 0. The topological polar surface area (TPSA) is 142 Å². The van der Waals surface area contributed by atoms with E-state index in [4.69, 9.17) is 15.0 Å². The van der Waals surface area contributed by atoms with Crippen molar-refractivity contribution in [1.82, 2.24) is 9.55 Å². The molecule has 0 aliphatic carbocycles. The molecule has 2 heterocycles. The fraction of sp³-hybridized carbons (Fsp3) is 0.500. The van der Waals surface area contributed by atoms with Gasteiger partial charge < -0.3 is 14.6 Å². The summed E-state index contributed by atoms with van der Waals surface area (Å²) in [5.41, 5.74) is 7.16. The average Bonchev–Trinajstić information content (AvgIpc) is 2.89. The summed E-state index contributed by atoms with van der Waals surface area (Å²) in [5, 5.41) is 12.8. The van der Waals surface area contributed by atoms with Gasteiger partial charge in [0.05, 0.1) is 24.9 Å². The zero-order valence-corrected chi connectivity index (χ0v) is 11.6. The fourth-order valence-corrected chi connectivity index (χ4v) is 2.17. The van der Waals surface area contributed by atoms with Gasteiger partial charge in [-0.2, -0.15) is 0 Å². The normalized spacial score (nSPS) is 23.8. The summed E-state index contributed by atoms with van der Waals surface area (Å²) >= 11 is 0. The van der Waals surface area contributed by atoms with Gasteiger partial charge in [0.1, 0.15) is 12.8 Å². The number of hydrogen-bond donors (Lipinski definition) is 2. The van der Waals surface area contributed by atoms with Crippen molar-refractivity contribution in [3.8, 4) is 5.75 Å². The van der Waals surface area contributed by atoms with Gasteiger partial charge in [-0.3, -0.25) is 14.3 Å². The molecule has 0 amide bonds. The van der Waals surface area contributed by atoms with Gasteiger partial charge in [0.25, 0.3) is 5.56 Å². The lowest BCUT2D eigenvalue weighted by Crippen LogP contribution is -2.33. The first-order valence-corrected chi connectivity index (χ1v) is 6.50. The van der Waals surface area contributed by atoms with Gasteiger partial charge >= 0.3 is 5.69 Å². The van der Waals surface area contributed by atoms with Crippen molar-refractivity contribution in [2.45, 2.75) is 24.8 Å². The molecule has 1 fully saturated rings. The molecule has 10 nitrogen and oxygen atoms in total. The number of aliphatic hydroxyl groups excluding tert-OH is 1. The highest BCUT2D eigenvalue weighted by molar-refractivity contribution is 5.13. The molecule has 1 aliphatic heterocycles. The highest BCUT2D eigenvalue weighted by atomic mass is 16.5. The summed E-state index contributed by atoms with van der Waals surface area (Å²) in [5.74, 6) is -0.0594. The van der Waals surface area contributed by atoms with Crippen molar-refractivity contribution >= 4 is 0 Å². The van der Waals surface area contributed by atoms with Gasteiger partial charge in [-0.05, 0) is 5.53 Å². The molecular weight excluding hydrogens is 294 g/mol. The van der Waals surface area contributed by atoms with Crippen LogP contribution < -0.4 is 16.0 Å². The smallest absolute Gasteiger partial charge is 0.330 e. The standard InChI is InChI=1S/C12H15N5O5/c1-2-3-21-8-5-17(12(20)14-11(8)19)10-4-7(15-16-13)9(6-18)22-10/h2,5,7,9-10,18H,1,3-4,6H2,(H,14,19,20)/t7-,9+,10+/m0/s1. The second-order valence-electron chi connectivity index (χ2n) is 4.58. The quantitative estimate of drug-likeness (QED) is 0.330. The molecule has 1 aromatic rings. The predicted molar refractivity (Wildman–Crippen MR) is 75.6 cm³/mol. The Kier molecular flexibility index (Phi) is 4.99. The maximum atomic E-state index is 11.9.